The quantitative estimate of drug-likeness (QED) is 0.849. The monoisotopic (exact) mass is 380 g/mol. The number of nitrogens with one attached hydrogen (secondary N) is 1. The van der Waals surface area contributed by atoms with Crippen molar-refractivity contribution < 1.29 is 14.3 Å². The number of halogens is 1. The molecule has 144 valence electrons. The molecular weight excluding hydrogens is 352 g/mol. The van der Waals surface area contributed by atoms with E-state index in [0.717, 1.165) is 39.0 Å². The lowest BCUT2D eigenvalue weighted by Crippen LogP contribution is -2.32. The molecule has 2 aliphatic heterocycles. The summed E-state index contributed by atoms with van der Waals surface area (Å²) in [4.78, 5) is 15.0. The number of rotatable bonds is 5. The Hall–Kier alpha value is -1.46. The smallest absolute Gasteiger partial charge is 0.254 e. The van der Waals surface area contributed by atoms with Gasteiger partial charge in [0.15, 0.2) is 11.5 Å². The predicted octanol–water partition coefficient (Wildman–Crippen LogP) is 3.46. The molecule has 5 nitrogen and oxygen atoms in total. The van der Waals surface area contributed by atoms with Gasteiger partial charge in [-0.3, -0.25) is 4.79 Å². The highest BCUT2D eigenvalue weighted by Crippen LogP contribution is 2.37. The Balaban J connectivity index is 1.75. The number of methoxy groups -OCH3 is 1. The summed E-state index contributed by atoms with van der Waals surface area (Å²) in [6, 6.07) is 3.45. The molecule has 2 saturated heterocycles. The number of nitrogens with zero attached hydrogens (tertiary/aromatic N) is 1. The van der Waals surface area contributed by atoms with Gasteiger partial charge in [-0.25, -0.2) is 0 Å². The van der Waals surface area contributed by atoms with Gasteiger partial charge in [-0.05, 0) is 55.8 Å². The summed E-state index contributed by atoms with van der Waals surface area (Å²) < 4.78 is 11.2. The average molecular weight is 381 g/mol. The van der Waals surface area contributed by atoms with Crippen LogP contribution in [0.5, 0.6) is 11.5 Å². The number of likely N-dealkylation sites (tertiary alicyclic amines) is 1. The van der Waals surface area contributed by atoms with Crippen molar-refractivity contribution in [1.29, 1.82) is 0 Å². The number of carbonyl (C=O) groups is 1. The summed E-state index contributed by atoms with van der Waals surface area (Å²) in [5, 5.41) is 3.89. The number of hydrogen-bond donors (Lipinski definition) is 1. The maximum absolute atomic E-state index is 13.0. The van der Waals surface area contributed by atoms with Gasteiger partial charge in [-0.1, -0.05) is 25.4 Å². The molecule has 0 aromatic heterocycles. The largest absolute Gasteiger partial charge is 0.493 e. The second-order valence-electron chi connectivity index (χ2n) is 7.74. The predicted molar refractivity (Wildman–Crippen MR) is 103 cm³/mol. The molecule has 2 aliphatic rings. The Kier molecular flexibility index (Phi) is 6.30. The summed E-state index contributed by atoms with van der Waals surface area (Å²) in [5.74, 6) is 2.81. The Labute approximate surface area is 161 Å². The number of benzene rings is 1. The van der Waals surface area contributed by atoms with E-state index in [1.54, 1.807) is 19.2 Å². The minimum Gasteiger partial charge on any atom is -0.493 e. The fourth-order valence-electron chi connectivity index (χ4n) is 3.84. The SMILES string of the molecule is COc1cc(C(=O)N2CC[C@@H]3CNC[C@@H]3CC2)cc(Cl)c1OCC(C)C. The molecule has 1 aromatic carbocycles. The molecule has 2 fully saturated rings. The van der Waals surface area contributed by atoms with E-state index in [9.17, 15) is 4.79 Å². The molecule has 2 heterocycles. The lowest BCUT2D eigenvalue weighted by Gasteiger charge is -2.22. The van der Waals surface area contributed by atoms with Gasteiger partial charge >= 0.3 is 0 Å². The number of ether oxygens (including phenoxy) is 2. The van der Waals surface area contributed by atoms with Gasteiger partial charge in [0.1, 0.15) is 0 Å². The summed E-state index contributed by atoms with van der Waals surface area (Å²) >= 11 is 6.41. The molecule has 3 rings (SSSR count). The average Bonchev–Trinajstić information content (AvgIpc) is 2.97. The van der Waals surface area contributed by atoms with Crippen LogP contribution in [0.2, 0.25) is 5.02 Å². The van der Waals surface area contributed by atoms with E-state index < -0.39 is 0 Å². The van der Waals surface area contributed by atoms with Gasteiger partial charge in [0, 0.05) is 18.7 Å². The highest BCUT2D eigenvalue weighted by molar-refractivity contribution is 6.32. The molecular formula is C20H29ClN2O3. The van der Waals surface area contributed by atoms with E-state index in [-0.39, 0.29) is 5.91 Å². The van der Waals surface area contributed by atoms with Crippen LogP contribution in [0.4, 0.5) is 0 Å². The van der Waals surface area contributed by atoms with Crippen molar-refractivity contribution in [3.05, 3.63) is 22.7 Å². The van der Waals surface area contributed by atoms with Gasteiger partial charge in [0.25, 0.3) is 5.91 Å². The fraction of sp³-hybridized carbons (Fsp3) is 0.650. The third-order valence-electron chi connectivity index (χ3n) is 5.34. The van der Waals surface area contributed by atoms with Crippen LogP contribution in [0.25, 0.3) is 0 Å². The van der Waals surface area contributed by atoms with Crippen LogP contribution in [0, 0.1) is 17.8 Å². The van der Waals surface area contributed by atoms with Crippen molar-refractivity contribution in [3.8, 4) is 11.5 Å². The molecule has 6 heteroatoms. The van der Waals surface area contributed by atoms with E-state index >= 15 is 0 Å². The minimum atomic E-state index is 0.0218. The zero-order valence-electron chi connectivity index (χ0n) is 15.9. The number of amides is 1. The van der Waals surface area contributed by atoms with Crippen molar-refractivity contribution in [2.75, 3.05) is 39.9 Å². The van der Waals surface area contributed by atoms with Crippen molar-refractivity contribution in [3.63, 3.8) is 0 Å². The first kappa shape index (κ1) is 19.3. The molecule has 1 aromatic rings. The fourth-order valence-corrected chi connectivity index (χ4v) is 4.10. The maximum Gasteiger partial charge on any atom is 0.254 e. The summed E-state index contributed by atoms with van der Waals surface area (Å²) in [6.45, 7) is 8.44. The Bertz CT molecular complexity index is 636. The maximum atomic E-state index is 13.0. The number of fused-ring (bicyclic) bond motifs is 1. The third-order valence-corrected chi connectivity index (χ3v) is 5.62. The second kappa shape index (κ2) is 8.49. The zero-order chi connectivity index (χ0) is 18.7. The van der Waals surface area contributed by atoms with Crippen molar-refractivity contribution >= 4 is 17.5 Å². The normalized spacial score (nSPS) is 22.9. The van der Waals surface area contributed by atoms with Crippen LogP contribution in [0.3, 0.4) is 0 Å². The van der Waals surface area contributed by atoms with Crippen LogP contribution >= 0.6 is 11.6 Å². The molecule has 26 heavy (non-hydrogen) atoms. The number of hydrogen-bond acceptors (Lipinski definition) is 4. The Morgan fingerprint density at radius 2 is 1.92 bits per heavy atom. The van der Waals surface area contributed by atoms with E-state index in [4.69, 9.17) is 21.1 Å². The third kappa shape index (κ3) is 4.26. The first-order chi connectivity index (χ1) is 12.5. The van der Waals surface area contributed by atoms with Gasteiger partial charge in [0.05, 0.1) is 18.7 Å². The molecule has 0 spiro atoms. The van der Waals surface area contributed by atoms with E-state index in [1.807, 2.05) is 4.90 Å². The van der Waals surface area contributed by atoms with Crippen LogP contribution < -0.4 is 14.8 Å². The molecule has 0 radical (unpaired) electrons. The van der Waals surface area contributed by atoms with Crippen molar-refractivity contribution in [2.24, 2.45) is 17.8 Å². The standard InChI is InChI=1S/C20H29ClN2O3/c1-13(2)12-26-19-17(21)8-16(9-18(19)25-3)20(24)23-6-4-14-10-22-11-15(14)5-7-23/h8-9,13-15,22H,4-7,10-12H2,1-3H3/t14-,15+. The van der Waals surface area contributed by atoms with Gasteiger partial charge < -0.3 is 19.7 Å². The van der Waals surface area contributed by atoms with Gasteiger partial charge in [-0.2, -0.15) is 0 Å². The first-order valence-electron chi connectivity index (χ1n) is 9.50. The van der Waals surface area contributed by atoms with Crippen LogP contribution in [-0.4, -0.2) is 50.7 Å². The summed E-state index contributed by atoms with van der Waals surface area (Å²) in [5.41, 5.74) is 0.564. The first-order valence-corrected chi connectivity index (χ1v) is 9.87. The lowest BCUT2D eigenvalue weighted by atomic mass is 9.92. The molecule has 1 amide bonds. The molecule has 0 bridgehead atoms. The molecule has 0 unspecified atom stereocenters. The molecule has 1 N–H and O–H groups in total. The van der Waals surface area contributed by atoms with Crippen molar-refractivity contribution in [2.45, 2.75) is 26.7 Å². The van der Waals surface area contributed by atoms with Crippen molar-refractivity contribution in [1.82, 2.24) is 10.2 Å². The summed E-state index contributed by atoms with van der Waals surface area (Å²) in [6.07, 6.45) is 2.12. The van der Waals surface area contributed by atoms with E-state index in [1.165, 1.54) is 0 Å². The molecule has 0 saturated carbocycles. The second-order valence-corrected chi connectivity index (χ2v) is 8.15. The lowest BCUT2D eigenvalue weighted by molar-refractivity contribution is 0.0758. The van der Waals surface area contributed by atoms with Gasteiger partial charge in [0.2, 0.25) is 0 Å². The highest BCUT2D eigenvalue weighted by Gasteiger charge is 2.32. The van der Waals surface area contributed by atoms with Crippen LogP contribution in [0.1, 0.15) is 37.0 Å². The molecule has 2 atom stereocenters. The van der Waals surface area contributed by atoms with E-state index in [2.05, 4.69) is 19.2 Å². The minimum absolute atomic E-state index is 0.0218. The van der Waals surface area contributed by atoms with Crippen LogP contribution in [0.15, 0.2) is 12.1 Å². The number of carbonyl (C=O) groups excluding carboxylic acids is 1. The van der Waals surface area contributed by atoms with Gasteiger partial charge in [-0.15, -0.1) is 0 Å². The van der Waals surface area contributed by atoms with Crippen LogP contribution in [-0.2, 0) is 0 Å². The highest BCUT2D eigenvalue weighted by atomic mass is 35.5. The topological polar surface area (TPSA) is 50.8 Å². The van der Waals surface area contributed by atoms with E-state index in [0.29, 0.717) is 46.4 Å². The molecule has 0 aliphatic carbocycles. The Morgan fingerprint density at radius 1 is 1.27 bits per heavy atom. The Morgan fingerprint density at radius 3 is 2.50 bits per heavy atom. The summed E-state index contributed by atoms with van der Waals surface area (Å²) in [7, 11) is 1.57. The zero-order valence-corrected chi connectivity index (χ0v) is 16.6.